The molecule has 5 nitrogen and oxygen atoms in total. The fraction of sp³-hybridized carbons (Fsp3) is 0.150. The van der Waals surface area contributed by atoms with Gasteiger partial charge in [0.1, 0.15) is 11.0 Å². The fourth-order valence-electron chi connectivity index (χ4n) is 2.57. The minimum Gasteiger partial charge on any atom is -0.452 e. The summed E-state index contributed by atoms with van der Waals surface area (Å²) in [6.45, 7) is -0.0530. The van der Waals surface area contributed by atoms with Crippen LogP contribution < -0.4 is 5.32 Å². The number of esters is 1. The van der Waals surface area contributed by atoms with Gasteiger partial charge < -0.3 is 10.1 Å². The zero-order valence-electron chi connectivity index (χ0n) is 14.2. The summed E-state index contributed by atoms with van der Waals surface area (Å²) in [6, 6.07) is 14.5. The summed E-state index contributed by atoms with van der Waals surface area (Å²) in [5, 5.41) is 3.42. The van der Waals surface area contributed by atoms with Crippen LogP contribution in [0.5, 0.6) is 0 Å². The van der Waals surface area contributed by atoms with Gasteiger partial charge in [0.25, 0.3) is 5.91 Å². The number of nitrogens with zero attached hydrogens (tertiary/aromatic N) is 1. The third-order valence-corrected chi connectivity index (χ3v) is 4.08. The molecule has 1 amide bonds. The first-order chi connectivity index (χ1) is 13.0. The van der Waals surface area contributed by atoms with Crippen LogP contribution in [0.3, 0.4) is 0 Å². The predicted octanol–water partition coefficient (Wildman–Crippen LogP) is 3.54. The molecule has 0 saturated carbocycles. The van der Waals surface area contributed by atoms with Crippen LogP contribution in [0.2, 0.25) is 5.15 Å². The lowest BCUT2D eigenvalue weighted by molar-refractivity contribution is -0.124. The van der Waals surface area contributed by atoms with Crippen LogP contribution in [0.4, 0.5) is 4.39 Å². The van der Waals surface area contributed by atoms with Crippen molar-refractivity contribution in [3.8, 4) is 0 Å². The first-order valence-electron chi connectivity index (χ1n) is 8.26. The third-order valence-electron chi connectivity index (χ3n) is 3.89. The Morgan fingerprint density at radius 1 is 1.11 bits per heavy atom. The highest BCUT2D eigenvalue weighted by molar-refractivity contribution is 6.30. The lowest BCUT2D eigenvalue weighted by Gasteiger charge is -2.09. The number of carbonyl (C=O) groups is 2. The predicted molar refractivity (Wildman–Crippen MR) is 100 cm³/mol. The summed E-state index contributed by atoms with van der Waals surface area (Å²) in [6.07, 6.45) is 0.546. The molecule has 0 spiro atoms. The van der Waals surface area contributed by atoms with Crippen molar-refractivity contribution in [1.29, 1.82) is 0 Å². The van der Waals surface area contributed by atoms with Gasteiger partial charge in [-0.05, 0) is 36.2 Å². The second kappa shape index (κ2) is 8.60. The summed E-state index contributed by atoms with van der Waals surface area (Å²) < 4.78 is 17.9. The van der Waals surface area contributed by atoms with Gasteiger partial charge in [-0.2, -0.15) is 0 Å². The molecule has 27 heavy (non-hydrogen) atoms. The Balaban J connectivity index is 1.53. The molecule has 138 valence electrons. The monoisotopic (exact) mass is 386 g/mol. The van der Waals surface area contributed by atoms with E-state index in [1.54, 1.807) is 36.4 Å². The van der Waals surface area contributed by atoms with Crippen molar-refractivity contribution in [3.05, 3.63) is 76.7 Å². The maximum Gasteiger partial charge on any atom is 0.339 e. The van der Waals surface area contributed by atoms with Gasteiger partial charge in [-0.15, -0.1) is 0 Å². The Kier molecular flexibility index (Phi) is 5.98. The lowest BCUT2D eigenvalue weighted by atomic mass is 10.1. The molecule has 0 radical (unpaired) electrons. The van der Waals surface area contributed by atoms with E-state index in [1.807, 2.05) is 0 Å². The molecule has 0 bridgehead atoms. The Morgan fingerprint density at radius 3 is 2.63 bits per heavy atom. The van der Waals surface area contributed by atoms with Gasteiger partial charge in [-0.1, -0.05) is 41.9 Å². The zero-order chi connectivity index (χ0) is 19.2. The van der Waals surface area contributed by atoms with E-state index >= 15 is 0 Å². The van der Waals surface area contributed by atoms with Gasteiger partial charge in [0.15, 0.2) is 6.61 Å². The molecule has 0 unspecified atom stereocenters. The normalized spacial score (nSPS) is 10.6. The van der Waals surface area contributed by atoms with E-state index in [0.717, 1.165) is 5.56 Å². The minimum absolute atomic E-state index is 0.171. The SMILES string of the molecule is O=C(COC(=O)c1cc(Cl)nc2ccccc12)NCCc1ccc(F)cc1. The number of hydrogen-bond acceptors (Lipinski definition) is 4. The molecule has 0 aliphatic carbocycles. The van der Waals surface area contributed by atoms with E-state index in [0.29, 0.717) is 23.9 Å². The van der Waals surface area contributed by atoms with Gasteiger partial charge in [-0.25, -0.2) is 14.2 Å². The largest absolute Gasteiger partial charge is 0.452 e. The quantitative estimate of drug-likeness (QED) is 0.519. The van der Waals surface area contributed by atoms with Crippen molar-refractivity contribution in [1.82, 2.24) is 10.3 Å². The first-order valence-corrected chi connectivity index (χ1v) is 8.64. The van der Waals surface area contributed by atoms with Crippen molar-refractivity contribution in [2.24, 2.45) is 0 Å². The molecule has 0 fully saturated rings. The highest BCUT2D eigenvalue weighted by Crippen LogP contribution is 2.21. The number of halogens is 2. The van der Waals surface area contributed by atoms with Crippen LogP contribution >= 0.6 is 11.6 Å². The molecule has 0 atom stereocenters. The second-order valence-corrected chi connectivity index (χ2v) is 6.20. The first kappa shape index (κ1) is 18.8. The number of rotatable bonds is 6. The average Bonchev–Trinajstić information content (AvgIpc) is 2.67. The molecule has 0 aliphatic rings. The fourth-order valence-corrected chi connectivity index (χ4v) is 2.77. The zero-order valence-corrected chi connectivity index (χ0v) is 15.0. The molecule has 3 aromatic rings. The summed E-state index contributed by atoms with van der Waals surface area (Å²) in [5.74, 6) is -1.38. The van der Waals surface area contributed by atoms with Crippen molar-refractivity contribution >= 4 is 34.4 Å². The molecule has 0 aliphatic heterocycles. The standard InChI is InChI=1S/C20H16ClFN2O3/c21-18-11-16(15-3-1-2-4-17(15)24-18)20(26)27-12-19(25)23-10-9-13-5-7-14(22)8-6-13/h1-8,11H,9-10,12H2,(H,23,25). The summed E-state index contributed by atoms with van der Waals surface area (Å²) >= 11 is 5.95. The number of carbonyl (C=O) groups excluding carboxylic acids is 2. The third kappa shape index (κ3) is 5.01. The van der Waals surface area contributed by atoms with Gasteiger partial charge in [-0.3, -0.25) is 4.79 Å². The smallest absolute Gasteiger partial charge is 0.339 e. The number of benzene rings is 2. The summed E-state index contributed by atoms with van der Waals surface area (Å²) in [7, 11) is 0. The number of para-hydroxylation sites is 1. The number of aromatic nitrogens is 1. The Bertz CT molecular complexity index is 977. The number of hydrogen-bond donors (Lipinski definition) is 1. The van der Waals surface area contributed by atoms with E-state index in [2.05, 4.69) is 10.3 Å². The maximum absolute atomic E-state index is 12.8. The highest BCUT2D eigenvalue weighted by atomic mass is 35.5. The van der Waals surface area contributed by atoms with Crippen LogP contribution in [0.15, 0.2) is 54.6 Å². The van der Waals surface area contributed by atoms with Crippen LogP contribution in [-0.4, -0.2) is 30.0 Å². The molecule has 3 rings (SSSR count). The molecule has 7 heteroatoms. The molecule has 1 N–H and O–H groups in total. The second-order valence-electron chi connectivity index (χ2n) is 5.81. The Labute approximate surface area is 160 Å². The topological polar surface area (TPSA) is 68.3 Å². The molecule has 0 saturated heterocycles. The van der Waals surface area contributed by atoms with Crippen LogP contribution in [0.1, 0.15) is 15.9 Å². The number of ether oxygens (including phenoxy) is 1. The number of amides is 1. The van der Waals surface area contributed by atoms with E-state index < -0.39 is 18.5 Å². The average molecular weight is 387 g/mol. The number of pyridine rings is 1. The van der Waals surface area contributed by atoms with Gasteiger partial charge in [0.05, 0.1) is 11.1 Å². The van der Waals surface area contributed by atoms with E-state index in [1.165, 1.54) is 18.2 Å². The van der Waals surface area contributed by atoms with E-state index in [4.69, 9.17) is 16.3 Å². The van der Waals surface area contributed by atoms with Gasteiger partial charge in [0.2, 0.25) is 0 Å². The highest BCUT2D eigenvalue weighted by Gasteiger charge is 2.15. The lowest BCUT2D eigenvalue weighted by Crippen LogP contribution is -2.30. The van der Waals surface area contributed by atoms with Crippen molar-refractivity contribution in [3.63, 3.8) is 0 Å². The molecular formula is C20H16ClFN2O3. The van der Waals surface area contributed by atoms with Crippen molar-refractivity contribution in [2.75, 3.05) is 13.2 Å². The molecule has 1 aromatic heterocycles. The van der Waals surface area contributed by atoms with Crippen molar-refractivity contribution < 1.29 is 18.7 Å². The number of fused-ring (bicyclic) bond motifs is 1. The van der Waals surface area contributed by atoms with Crippen LogP contribution in [-0.2, 0) is 16.0 Å². The van der Waals surface area contributed by atoms with Gasteiger partial charge >= 0.3 is 5.97 Å². The minimum atomic E-state index is -0.649. The molecule has 2 aromatic carbocycles. The van der Waals surface area contributed by atoms with E-state index in [9.17, 15) is 14.0 Å². The van der Waals surface area contributed by atoms with Crippen molar-refractivity contribution in [2.45, 2.75) is 6.42 Å². The summed E-state index contributed by atoms with van der Waals surface area (Å²) in [5.41, 5.74) is 1.72. The number of nitrogens with one attached hydrogen (secondary N) is 1. The Morgan fingerprint density at radius 2 is 1.85 bits per heavy atom. The molecular weight excluding hydrogens is 371 g/mol. The Hall–Kier alpha value is -2.99. The van der Waals surface area contributed by atoms with Crippen LogP contribution in [0.25, 0.3) is 10.9 Å². The molecule has 1 heterocycles. The van der Waals surface area contributed by atoms with Gasteiger partial charge in [0, 0.05) is 11.9 Å². The maximum atomic E-state index is 12.8. The van der Waals surface area contributed by atoms with Crippen LogP contribution in [0, 0.1) is 5.82 Å². The van der Waals surface area contributed by atoms with E-state index in [-0.39, 0.29) is 16.5 Å². The summed E-state index contributed by atoms with van der Waals surface area (Å²) in [4.78, 5) is 28.3.